The van der Waals surface area contributed by atoms with Crippen molar-refractivity contribution < 1.29 is 17.9 Å². The molecule has 0 spiro atoms. The first-order valence-electron chi connectivity index (χ1n) is 10.9. The van der Waals surface area contributed by atoms with Gasteiger partial charge in [-0.15, -0.1) is 0 Å². The summed E-state index contributed by atoms with van der Waals surface area (Å²) < 4.78 is 35.0. The highest BCUT2D eigenvalue weighted by Gasteiger charge is 2.28. The smallest absolute Gasteiger partial charge is 0.326 e. The standard InChI is InChI=1S/C23H28N4O5S/c1-15(2)25-33(30,31)21-14-16(8-9-20(21)32-3)22(28)26-12-10-17(11-13-26)27-19-7-5-4-6-18(19)24-23(27)29/h4-9,14-15,17,25H,10-13H2,1-3H3,(H,24,29). The van der Waals surface area contributed by atoms with E-state index in [0.29, 0.717) is 25.9 Å². The minimum Gasteiger partial charge on any atom is -0.495 e. The van der Waals surface area contributed by atoms with Crippen LogP contribution in [0.2, 0.25) is 0 Å². The maximum atomic E-state index is 13.2. The van der Waals surface area contributed by atoms with Gasteiger partial charge in [-0.2, -0.15) is 0 Å². The number of methoxy groups -OCH3 is 1. The summed E-state index contributed by atoms with van der Waals surface area (Å²) in [4.78, 5) is 30.2. The lowest BCUT2D eigenvalue weighted by atomic mass is 10.0. The Bertz CT molecular complexity index is 1330. The number of para-hydroxylation sites is 2. The lowest BCUT2D eigenvalue weighted by molar-refractivity contribution is 0.0694. The Balaban J connectivity index is 1.54. The molecule has 1 amide bonds. The minimum absolute atomic E-state index is 0.0141. The first-order valence-corrected chi connectivity index (χ1v) is 12.4. The van der Waals surface area contributed by atoms with Gasteiger partial charge in [-0.3, -0.25) is 9.36 Å². The van der Waals surface area contributed by atoms with Gasteiger partial charge in [-0.05, 0) is 57.0 Å². The van der Waals surface area contributed by atoms with Crippen LogP contribution in [0, 0.1) is 0 Å². The number of nitrogens with one attached hydrogen (secondary N) is 2. The van der Waals surface area contributed by atoms with Crippen molar-refractivity contribution in [2.75, 3.05) is 20.2 Å². The van der Waals surface area contributed by atoms with E-state index in [1.54, 1.807) is 29.4 Å². The van der Waals surface area contributed by atoms with Gasteiger partial charge in [-0.25, -0.2) is 17.9 Å². The normalized spacial score (nSPS) is 15.3. The number of benzene rings is 2. The zero-order valence-electron chi connectivity index (χ0n) is 18.9. The molecule has 2 N–H and O–H groups in total. The van der Waals surface area contributed by atoms with E-state index in [4.69, 9.17) is 4.74 Å². The number of hydrogen-bond acceptors (Lipinski definition) is 5. The van der Waals surface area contributed by atoms with Crippen LogP contribution in [0.15, 0.2) is 52.2 Å². The number of amides is 1. The number of aromatic amines is 1. The molecule has 2 heterocycles. The fraction of sp³-hybridized carbons (Fsp3) is 0.391. The number of carbonyl (C=O) groups excluding carboxylic acids is 1. The predicted octanol–water partition coefficient (Wildman–Crippen LogP) is 2.50. The summed E-state index contributed by atoms with van der Waals surface area (Å²) in [5.41, 5.74) is 1.78. The van der Waals surface area contributed by atoms with E-state index < -0.39 is 10.0 Å². The highest BCUT2D eigenvalue weighted by Crippen LogP contribution is 2.28. The summed E-state index contributed by atoms with van der Waals surface area (Å²) >= 11 is 0. The first-order chi connectivity index (χ1) is 15.7. The minimum atomic E-state index is -3.84. The largest absolute Gasteiger partial charge is 0.495 e. The number of H-pyrrole nitrogens is 1. The van der Waals surface area contributed by atoms with E-state index in [-0.39, 0.29) is 39.9 Å². The summed E-state index contributed by atoms with van der Waals surface area (Å²) in [6.45, 7) is 4.38. The van der Waals surface area contributed by atoms with Crippen molar-refractivity contribution in [2.24, 2.45) is 0 Å². The molecule has 1 saturated heterocycles. The fourth-order valence-corrected chi connectivity index (χ4v) is 5.79. The van der Waals surface area contributed by atoms with Crippen LogP contribution in [-0.4, -0.2) is 55.0 Å². The van der Waals surface area contributed by atoms with E-state index in [1.165, 1.54) is 19.2 Å². The van der Waals surface area contributed by atoms with Gasteiger partial charge in [0.1, 0.15) is 10.6 Å². The third-order valence-corrected chi connectivity index (χ3v) is 7.51. The number of hydrogen-bond donors (Lipinski definition) is 2. The maximum absolute atomic E-state index is 13.2. The van der Waals surface area contributed by atoms with Crippen LogP contribution in [-0.2, 0) is 10.0 Å². The van der Waals surface area contributed by atoms with Gasteiger partial charge in [0.2, 0.25) is 10.0 Å². The molecule has 3 aromatic rings. The van der Waals surface area contributed by atoms with Gasteiger partial charge in [0.15, 0.2) is 0 Å². The van der Waals surface area contributed by atoms with Gasteiger partial charge in [0, 0.05) is 30.7 Å². The Hall–Kier alpha value is -3.11. The Kier molecular flexibility index (Phi) is 6.31. The van der Waals surface area contributed by atoms with E-state index in [0.717, 1.165) is 11.0 Å². The third-order valence-electron chi connectivity index (χ3n) is 5.83. The molecule has 0 bridgehead atoms. The molecular formula is C23H28N4O5S. The first kappa shape index (κ1) is 23.1. The zero-order valence-corrected chi connectivity index (χ0v) is 19.7. The van der Waals surface area contributed by atoms with Crippen molar-refractivity contribution in [3.8, 4) is 5.75 Å². The van der Waals surface area contributed by atoms with Gasteiger partial charge in [0.05, 0.1) is 18.1 Å². The Morgan fingerprint density at radius 3 is 2.52 bits per heavy atom. The Morgan fingerprint density at radius 2 is 1.85 bits per heavy atom. The van der Waals surface area contributed by atoms with Crippen LogP contribution in [0.4, 0.5) is 0 Å². The average molecular weight is 473 g/mol. The highest BCUT2D eigenvalue weighted by molar-refractivity contribution is 7.89. The zero-order chi connectivity index (χ0) is 23.8. The van der Waals surface area contributed by atoms with Gasteiger partial charge in [0.25, 0.3) is 5.91 Å². The van der Waals surface area contributed by atoms with E-state index in [9.17, 15) is 18.0 Å². The lowest BCUT2D eigenvalue weighted by Gasteiger charge is -2.32. The molecule has 1 aliphatic rings. The van der Waals surface area contributed by atoms with E-state index in [1.807, 2.05) is 24.3 Å². The van der Waals surface area contributed by atoms with Crippen molar-refractivity contribution in [1.29, 1.82) is 0 Å². The number of rotatable bonds is 6. The number of nitrogens with zero attached hydrogens (tertiary/aromatic N) is 2. The van der Waals surface area contributed by atoms with Gasteiger partial charge >= 0.3 is 5.69 Å². The molecule has 0 saturated carbocycles. The summed E-state index contributed by atoms with van der Waals surface area (Å²) in [5.74, 6) is -0.0690. The van der Waals surface area contributed by atoms with Crippen LogP contribution >= 0.6 is 0 Å². The highest BCUT2D eigenvalue weighted by atomic mass is 32.2. The predicted molar refractivity (Wildman–Crippen MR) is 125 cm³/mol. The second kappa shape index (κ2) is 9.03. The topological polar surface area (TPSA) is 114 Å². The van der Waals surface area contributed by atoms with E-state index >= 15 is 0 Å². The number of imidazole rings is 1. The third kappa shape index (κ3) is 4.53. The molecule has 33 heavy (non-hydrogen) atoms. The SMILES string of the molecule is COc1ccc(C(=O)N2CCC(n3c(=O)[nH]c4ccccc43)CC2)cc1S(=O)(=O)NC(C)C. The Morgan fingerprint density at radius 1 is 1.15 bits per heavy atom. The van der Waals surface area contributed by atoms with Crippen LogP contribution < -0.4 is 15.1 Å². The number of aromatic nitrogens is 2. The second-order valence-electron chi connectivity index (χ2n) is 8.48. The van der Waals surface area contributed by atoms with Crippen molar-refractivity contribution in [1.82, 2.24) is 19.2 Å². The van der Waals surface area contributed by atoms with Crippen LogP contribution in [0.5, 0.6) is 5.75 Å². The van der Waals surface area contributed by atoms with Crippen molar-refractivity contribution in [3.05, 3.63) is 58.5 Å². The number of piperidine rings is 1. The number of carbonyl (C=O) groups is 1. The van der Waals surface area contributed by atoms with Crippen molar-refractivity contribution in [3.63, 3.8) is 0 Å². The molecule has 0 atom stereocenters. The summed E-state index contributed by atoms with van der Waals surface area (Å²) in [6.07, 6.45) is 1.26. The molecule has 1 fully saturated rings. The summed E-state index contributed by atoms with van der Waals surface area (Å²) in [7, 11) is -2.45. The van der Waals surface area contributed by atoms with Gasteiger partial charge < -0.3 is 14.6 Å². The van der Waals surface area contributed by atoms with Crippen molar-refractivity contribution in [2.45, 2.75) is 43.7 Å². The summed E-state index contributed by atoms with van der Waals surface area (Å²) in [6, 6.07) is 11.7. The monoisotopic (exact) mass is 472 g/mol. The maximum Gasteiger partial charge on any atom is 0.326 e. The second-order valence-corrected chi connectivity index (χ2v) is 10.2. The molecule has 176 valence electrons. The number of ether oxygens (including phenoxy) is 1. The molecule has 0 unspecified atom stereocenters. The molecule has 9 nitrogen and oxygen atoms in total. The Labute approximate surface area is 192 Å². The molecule has 2 aromatic carbocycles. The molecule has 10 heteroatoms. The van der Waals surface area contributed by atoms with Crippen LogP contribution in [0.3, 0.4) is 0 Å². The van der Waals surface area contributed by atoms with Crippen LogP contribution in [0.25, 0.3) is 11.0 Å². The van der Waals surface area contributed by atoms with Gasteiger partial charge in [-0.1, -0.05) is 12.1 Å². The quantitative estimate of drug-likeness (QED) is 0.572. The van der Waals surface area contributed by atoms with Crippen molar-refractivity contribution >= 4 is 27.0 Å². The van der Waals surface area contributed by atoms with E-state index in [2.05, 4.69) is 9.71 Å². The summed E-state index contributed by atoms with van der Waals surface area (Å²) in [5, 5.41) is 0. The molecule has 0 aliphatic carbocycles. The average Bonchev–Trinajstić information content (AvgIpc) is 3.13. The number of likely N-dealkylation sites (tertiary alicyclic amines) is 1. The fourth-order valence-electron chi connectivity index (χ4n) is 4.34. The number of sulfonamides is 1. The lowest BCUT2D eigenvalue weighted by Crippen LogP contribution is -2.40. The molecule has 1 aliphatic heterocycles. The number of fused-ring (bicyclic) bond motifs is 1. The molecule has 4 rings (SSSR count). The molecule has 1 aromatic heterocycles. The molecular weight excluding hydrogens is 444 g/mol. The van der Waals surface area contributed by atoms with Crippen LogP contribution in [0.1, 0.15) is 43.1 Å². The molecule has 0 radical (unpaired) electrons.